The lowest BCUT2D eigenvalue weighted by atomic mass is 10.2. The summed E-state index contributed by atoms with van der Waals surface area (Å²) in [5.74, 6) is 1.88. The van der Waals surface area contributed by atoms with Gasteiger partial charge in [0.05, 0.1) is 6.61 Å². The molecule has 5 nitrogen and oxygen atoms in total. The number of nitrogens with zero attached hydrogens (tertiary/aromatic N) is 2. The van der Waals surface area contributed by atoms with Crippen LogP contribution >= 0.6 is 0 Å². The van der Waals surface area contributed by atoms with Gasteiger partial charge in [-0.1, -0.05) is 13.0 Å². The molecular formula is C13H17N3O2. The predicted octanol–water partition coefficient (Wildman–Crippen LogP) is 2.03. The summed E-state index contributed by atoms with van der Waals surface area (Å²) in [6.07, 6.45) is 1.57. The van der Waals surface area contributed by atoms with Gasteiger partial charge >= 0.3 is 0 Å². The lowest BCUT2D eigenvalue weighted by Crippen LogP contribution is -2.02. The van der Waals surface area contributed by atoms with Crippen molar-refractivity contribution >= 4 is 0 Å². The summed E-state index contributed by atoms with van der Waals surface area (Å²) in [6.45, 7) is 3.27. The fourth-order valence-corrected chi connectivity index (χ4v) is 1.53. The summed E-state index contributed by atoms with van der Waals surface area (Å²) in [7, 11) is 0. The summed E-state index contributed by atoms with van der Waals surface area (Å²) < 4.78 is 11.1. The maximum absolute atomic E-state index is 5.56. The molecule has 0 radical (unpaired) electrons. The average Bonchev–Trinajstić information content (AvgIpc) is 2.86. The van der Waals surface area contributed by atoms with Gasteiger partial charge in [-0.25, -0.2) is 0 Å². The van der Waals surface area contributed by atoms with Gasteiger partial charge < -0.3 is 14.9 Å². The van der Waals surface area contributed by atoms with Crippen LogP contribution in [0.5, 0.6) is 5.75 Å². The summed E-state index contributed by atoms with van der Waals surface area (Å²) in [5, 5.41) is 7.94. The average molecular weight is 247 g/mol. The van der Waals surface area contributed by atoms with Gasteiger partial charge in [0.1, 0.15) is 5.75 Å². The molecule has 1 aromatic heterocycles. The summed E-state index contributed by atoms with van der Waals surface area (Å²) in [6, 6.07) is 7.64. The van der Waals surface area contributed by atoms with Crippen LogP contribution in [0.15, 0.2) is 28.7 Å². The van der Waals surface area contributed by atoms with Crippen molar-refractivity contribution in [2.75, 3.05) is 13.2 Å². The molecule has 0 saturated carbocycles. The van der Waals surface area contributed by atoms with E-state index in [2.05, 4.69) is 17.1 Å². The van der Waals surface area contributed by atoms with Crippen LogP contribution in [0, 0.1) is 0 Å². The number of rotatable bonds is 6. The van der Waals surface area contributed by atoms with Gasteiger partial charge in [0, 0.05) is 18.5 Å². The van der Waals surface area contributed by atoms with Crippen molar-refractivity contribution in [3.63, 3.8) is 0 Å². The Labute approximate surface area is 106 Å². The van der Waals surface area contributed by atoms with Crippen molar-refractivity contribution in [3.8, 4) is 17.2 Å². The zero-order chi connectivity index (χ0) is 12.8. The van der Waals surface area contributed by atoms with E-state index in [0.29, 0.717) is 31.4 Å². The summed E-state index contributed by atoms with van der Waals surface area (Å²) >= 11 is 0. The molecule has 2 N–H and O–H groups in total. The quantitative estimate of drug-likeness (QED) is 0.845. The molecule has 2 aromatic rings. The topological polar surface area (TPSA) is 74.2 Å². The smallest absolute Gasteiger partial charge is 0.247 e. The zero-order valence-electron chi connectivity index (χ0n) is 10.4. The monoisotopic (exact) mass is 247 g/mol. The predicted molar refractivity (Wildman–Crippen MR) is 68.3 cm³/mol. The van der Waals surface area contributed by atoms with E-state index in [-0.39, 0.29) is 0 Å². The van der Waals surface area contributed by atoms with E-state index < -0.39 is 0 Å². The molecule has 0 aliphatic carbocycles. The molecule has 1 aromatic carbocycles. The van der Waals surface area contributed by atoms with Crippen molar-refractivity contribution in [1.29, 1.82) is 0 Å². The third-order valence-corrected chi connectivity index (χ3v) is 2.38. The van der Waals surface area contributed by atoms with E-state index >= 15 is 0 Å². The van der Waals surface area contributed by atoms with E-state index in [9.17, 15) is 0 Å². The second kappa shape index (κ2) is 6.16. The standard InChI is InChI=1S/C13H17N3O2/c1-2-8-17-11-5-3-4-10(9-11)13-16-15-12(18-13)6-7-14/h3-5,9H,2,6-8,14H2,1H3. The lowest BCUT2D eigenvalue weighted by Gasteiger charge is -2.04. The Morgan fingerprint density at radius 2 is 2.22 bits per heavy atom. The molecule has 0 spiro atoms. The number of nitrogens with two attached hydrogens (primary N) is 1. The Morgan fingerprint density at radius 1 is 1.33 bits per heavy atom. The zero-order valence-corrected chi connectivity index (χ0v) is 10.4. The maximum Gasteiger partial charge on any atom is 0.247 e. The molecule has 0 saturated heterocycles. The molecule has 0 fully saturated rings. The van der Waals surface area contributed by atoms with Gasteiger partial charge in [-0.05, 0) is 24.6 Å². The van der Waals surface area contributed by atoms with E-state index in [4.69, 9.17) is 14.9 Å². The van der Waals surface area contributed by atoms with Gasteiger partial charge in [0.25, 0.3) is 0 Å². The molecular weight excluding hydrogens is 230 g/mol. The fraction of sp³-hybridized carbons (Fsp3) is 0.385. The Morgan fingerprint density at radius 3 is 3.00 bits per heavy atom. The van der Waals surface area contributed by atoms with Crippen molar-refractivity contribution in [3.05, 3.63) is 30.2 Å². The first-order valence-electron chi connectivity index (χ1n) is 6.09. The molecule has 0 amide bonds. The molecule has 2 rings (SSSR count). The highest BCUT2D eigenvalue weighted by Gasteiger charge is 2.08. The molecule has 0 aliphatic rings. The molecule has 96 valence electrons. The first-order valence-corrected chi connectivity index (χ1v) is 6.09. The van der Waals surface area contributed by atoms with Crippen LogP contribution in [0.1, 0.15) is 19.2 Å². The van der Waals surface area contributed by atoms with Crippen LogP contribution < -0.4 is 10.5 Å². The van der Waals surface area contributed by atoms with Crippen LogP contribution in [0.3, 0.4) is 0 Å². The van der Waals surface area contributed by atoms with Gasteiger partial charge in [0.2, 0.25) is 11.8 Å². The third-order valence-electron chi connectivity index (χ3n) is 2.38. The van der Waals surface area contributed by atoms with Crippen LogP contribution in [-0.4, -0.2) is 23.3 Å². The van der Waals surface area contributed by atoms with E-state index in [1.807, 2.05) is 24.3 Å². The Hall–Kier alpha value is -1.88. The highest BCUT2D eigenvalue weighted by molar-refractivity contribution is 5.55. The van der Waals surface area contributed by atoms with Crippen molar-refractivity contribution < 1.29 is 9.15 Å². The highest BCUT2D eigenvalue weighted by Crippen LogP contribution is 2.22. The number of ether oxygens (including phenoxy) is 1. The minimum Gasteiger partial charge on any atom is -0.494 e. The normalized spacial score (nSPS) is 10.6. The Balaban J connectivity index is 2.15. The second-order valence-corrected chi connectivity index (χ2v) is 3.92. The van der Waals surface area contributed by atoms with Gasteiger partial charge in [-0.3, -0.25) is 0 Å². The second-order valence-electron chi connectivity index (χ2n) is 3.92. The molecule has 18 heavy (non-hydrogen) atoms. The van der Waals surface area contributed by atoms with Crippen molar-refractivity contribution in [2.45, 2.75) is 19.8 Å². The first kappa shape index (κ1) is 12.6. The Kier molecular flexibility index (Phi) is 4.30. The third kappa shape index (κ3) is 3.07. The molecule has 5 heteroatoms. The number of hydrogen-bond acceptors (Lipinski definition) is 5. The molecule has 0 aliphatic heterocycles. The number of benzene rings is 1. The first-order chi connectivity index (χ1) is 8.83. The van der Waals surface area contributed by atoms with Gasteiger partial charge in [-0.2, -0.15) is 0 Å². The minimum atomic E-state index is 0.500. The minimum absolute atomic E-state index is 0.500. The fourth-order valence-electron chi connectivity index (χ4n) is 1.53. The largest absolute Gasteiger partial charge is 0.494 e. The molecule has 1 heterocycles. The Bertz CT molecular complexity index is 496. The van der Waals surface area contributed by atoms with Crippen LogP contribution in [0.4, 0.5) is 0 Å². The maximum atomic E-state index is 5.56. The molecule has 0 atom stereocenters. The number of hydrogen-bond donors (Lipinski definition) is 1. The van der Waals surface area contributed by atoms with Crippen molar-refractivity contribution in [2.24, 2.45) is 5.73 Å². The van der Waals surface area contributed by atoms with Crippen molar-refractivity contribution in [1.82, 2.24) is 10.2 Å². The highest BCUT2D eigenvalue weighted by atomic mass is 16.5. The summed E-state index contributed by atoms with van der Waals surface area (Å²) in [5.41, 5.74) is 6.30. The van der Waals surface area contributed by atoms with Crippen LogP contribution in [-0.2, 0) is 6.42 Å². The van der Waals surface area contributed by atoms with E-state index in [0.717, 1.165) is 17.7 Å². The molecule has 0 bridgehead atoms. The lowest BCUT2D eigenvalue weighted by molar-refractivity contribution is 0.317. The SMILES string of the molecule is CCCOc1cccc(-c2nnc(CCN)o2)c1. The summed E-state index contributed by atoms with van der Waals surface area (Å²) in [4.78, 5) is 0. The molecule has 0 unspecified atom stereocenters. The van der Waals surface area contributed by atoms with Gasteiger partial charge in [-0.15, -0.1) is 10.2 Å². The number of aromatic nitrogens is 2. The van der Waals surface area contributed by atoms with Gasteiger partial charge in [0.15, 0.2) is 0 Å². The van der Waals surface area contributed by atoms with Crippen LogP contribution in [0.2, 0.25) is 0 Å². The van der Waals surface area contributed by atoms with Crippen LogP contribution in [0.25, 0.3) is 11.5 Å². The van der Waals surface area contributed by atoms with E-state index in [1.54, 1.807) is 0 Å². The van der Waals surface area contributed by atoms with E-state index in [1.165, 1.54) is 0 Å².